The highest BCUT2D eigenvalue weighted by molar-refractivity contribution is 7.46. The number of carbonyl (C=O) groups is 3. The van der Waals surface area contributed by atoms with E-state index in [1.165, 1.54) is 21.9 Å². The van der Waals surface area contributed by atoms with Crippen molar-refractivity contribution in [1.29, 1.82) is 0 Å². The molecule has 2 aliphatic carbocycles. The van der Waals surface area contributed by atoms with Crippen molar-refractivity contribution in [2.75, 3.05) is 64.6 Å². The largest absolute Gasteiger partial charge is 0.470 e. The molecule has 5 N–H and O–H groups in total. The number of phosphoric ester groups is 1. The minimum absolute atomic E-state index is 0.00809. The van der Waals surface area contributed by atoms with E-state index in [4.69, 9.17) is 9.51 Å². The van der Waals surface area contributed by atoms with Gasteiger partial charge >= 0.3 is 7.82 Å². The van der Waals surface area contributed by atoms with Crippen molar-refractivity contribution < 1.29 is 38.4 Å². The van der Waals surface area contributed by atoms with Gasteiger partial charge in [-0.25, -0.2) is 14.5 Å². The van der Waals surface area contributed by atoms with E-state index in [0.29, 0.717) is 91.1 Å². The molecule has 0 radical (unpaired) electrons. The summed E-state index contributed by atoms with van der Waals surface area (Å²) in [6.45, 7) is 17.3. The highest BCUT2D eigenvalue weighted by Gasteiger charge is 2.43. The first-order valence-corrected chi connectivity index (χ1v) is 28.7. The lowest BCUT2D eigenvalue weighted by molar-refractivity contribution is -0.111. The number of nitrogens with zero attached hydrogens (tertiary/aromatic N) is 9. The average Bonchev–Trinajstić information content (AvgIpc) is 4.09. The second kappa shape index (κ2) is 20.5. The predicted molar refractivity (Wildman–Crippen MR) is 298 cm³/mol. The summed E-state index contributed by atoms with van der Waals surface area (Å²) in [4.78, 5) is 93.4. The summed E-state index contributed by atoms with van der Waals surface area (Å²) < 4.78 is 20.2. The van der Waals surface area contributed by atoms with Gasteiger partial charge < -0.3 is 49.4 Å². The van der Waals surface area contributed by atoms with Gasteiger partial charge in [0, 0.05) is 124 Å². The predicted octanol–water partition coefficient (Wildman–Crippen LogP) is 6.74. The van der Waals surface area contributed by atoms with E-state index in [0.717, 1.165) is 80.9 Å². The molecule has 0 spiro atoms. The van der Waals surface area contributed by atoms with Crippen LogP contribution in [0.1, 0.15) is 109 Å². The second-order valence-electron chi connectivity index (χ2n) is 23.2. The van der Waals surface area contributed by atoms with Crippen LogP contribution < -0.4 is 30.9 Å². The van der Waals surface area contributed by atoms with Gasteiger partial charge in [-0.05, 0) is 136 Å². The Morgan fingerprint density at radius 3 is 2.37 bits per heavy atom. The SMILES string of the molecule is C=CC(=O)Nc1cc(Nc2nc(-c3ccnc(N4CCn5c(cc6c5CC(C)(C)C6)C4=O)c3CO)cn(C)c2=O)ccc1N1CCN(C2CCN(c3ccc4c(c3)CN(C3CCC(C)(OP(=O)(O)O)CC3)C4=O)CC2)C[C@@H]1C. The summed E-state index contributed by atoms with van der Waals surface area (Å²) in [6.07, 6.45) is 10.4. The summed E-state index contributed by atoms with van der Waals surface area (Å²) in [6, 6.07) is 16.0. The molecule has 3 fully saturated rings. The van der Waals surface area contributed by atoms with Crippen molar-refractivity contribution in [3.05, 3.63) is 118 Å². The molecule has 2 aromatic carbocycles. The third kappa shape index (κ3) is 10.3. The smallest absolute Gasteiger partial charge is 0.392 e. The minimum Gasteiger partial charge on any atom is -0.392 e. The van der Waals surface area contributed by atoms with Crippen LogP contribution in [-0.2, 0) is 53.5 Å². The van der Waals surface area contributed by atoms with Crippen molar-refractivity contribution in [2.24, 2.45) is 12.5 Å². The van der Waals surface area contributed by atoms with Crippen LogP contribution in [0, 0.1) is 5.41 Å². The number of pyridine rings is 1. The zero-order valence-electron chi connectivity index (χ0n) is 45.1. The molecule has 3 aromatic heterocycles. The molecule has 11 rings (SSSR count). The molecule has 20 nitrogen and oxygen atoms in total. The molecule has 4 aliphatic heterocycles. The quantitative estimate of drug-likeness (QED) is 0.0608. The van der Waals surface area contributed by atoms with E-state index in [1.807, 2.05) is 29.2 Å². The fourth-order valence-corrected chi connectivity index (χ4v) is 14.0. The lowest BCUT2D eigenvalue weighted by Gasteiger charge is -2.47. The van der Waals surface area contributed by atoms with Crippen LogP contribution in [0.4, 0.5) is 34.4 Å². The maximum absolute atomic E-state index is 14.1. The van der Waals surface area contributed by atoms with E-state index in [-0.39, 0.29) is 41.0 Å². The first kappa shape index (κ1) is 53.3. The van der Waals surface area contributed by atoms with Gasteiger partial charge in [-0.3, -0.25) is 33.5 Å². The first-order valence-electron chi connectivity index (χ1n) is 27.2. The third-order valence-corrected chi connectivity index (χ3v) is 17.8. The highest BCUT2D eigenvalue weighted by atomic mass is 31.2. The van der Waals surface area contributed by atoms with Gasteiger partial charge in [-0.2, -0.15) is 0 Å². The molecule has 1 saturated carbocycles. The number of carbonyl (C=O) groups excluding carboxylic acids is 3. The topological polar surface area (TPSA) is 231 Å². The van der Waals surface area contributed by atoms with Crippen molar-refractivity contribution >= 4 is 59.9 Å². The number of nitrogens with one attached hydrogen (secondary N) is 2. The van der Waals surface area contributed by atoms with Crippen molar-refractivity contribution in [1.82, 2.24) is 28.9 Å². The van der Waals surface area contributed by atoms with Crippen LogP contribution in [-0.4, -0.2) is 125 Å². The molecule has 7 heterocycles. The Bertz CT molecular complexity index is 3330. The number of aliphatic hydroxyl groups excluding tert-OH is 1. The number of amides is 3. The van der Waals surface area contributed by atoms with Crippen molar-refractivity contribution in [3.8, 4) is 11.3 Å². The number of aryl methyl sites for hydroxylation is 1. The Hall–Kier alpha value is -6.67. The number of anilines is 6. The van der Waals surface area contributed by atoms with E-state index in [2.05, 4.69) is 74.4 Å². The molecule has 0 unspecified atom stereocenters. The van der Waals surface area contributed by atoms with E-state index in [9.17, 15) is 38.6 Å². The molecule has 412 valence electrons. The number of fused-ring (bicyclic) bond motifs is 4. The number of benzene rings is 2. The molecule has 0 bridgehead atoms. The van der Waals surface area contributed by atoms with Crippen molar-refractivity contribution in [3.63, 3.8) is 0 Å². The lowest BCUT2D eigenvalue weighted by atomic mass is 9.83. The molecule has 1 atom stereocenters. The molecule has 2 saturated heterocycles. The lowest BCUT2D eigenvalue weighted by Crippen LogP contribution is -2.57. The first-order chi connectivity index (χ1) is 37.2. The Morgan fingerprint density at radius 2 is 1.65 bits per heavy atom. The van der Waals surface area contributed by atoms with Gasteiger partial charge in [0.15, 0.2) is 5.82 Å². The van der Waals surface area contributed by atoms with Crippen LogP contribution in [0.15, 0.2) is 78.4 Å². The highest BCUT2D eigenvalue weighted by Crippen LogP contribution is 2.48. The maximum atomic E-state index is 14.1. The van der Waals surface area contributed by atoms with Crippen LogP contribution in [0.25, 0.3) is 11.3 Å². The number of piperazine rings is 1. The number of rotatable bonds is 13. The number of aromatic nitrogens is 4. The minimum atomic E-state index is -4.62. The van der Waals surface area contributed by atoms with Gasteiger partial charge in [0.2, 0.25) is 5.91 Å². The van der Waals surface area contributed by atoms with Crippen molar-refractivity contribution in [2.45, 2.75) is 122 Å². The van der Waals surface area contributed by atoms with Crippen LogP contribution in [0.5, 0.6) is 0 Å². The molecular weight excluding hydrogens is 1010 g/mol. The summed E-state index contributed by atoms with van der Waals surface area (Å²) in [7, 11) is -2.99. The molecular formula is C57H70N11O9P. The summed E-state index contributed by atoms with van der Waals surface area (Å²) in [5, 5.41) is 17.1. The molecule has 21 heteroatoms. The molecule has 78 heavy (non-hydrogen) atoms. The van der Waals surface area contributed by atoms with Crippen LogP contribution in [0.3, 0.4) is 0 Å². The van der Waals surface area contributed by atoms with E-state index < -0.39 is 25.6 Å². The van der Waals surface area contributed by atoms with Gasteiger partial charge in [0.05, 0.1) is 29.3 Å². The normalized spacial score (nSPS) is 22.6. The van der Waals surface area contributed by atoms with Crippen LogP contribution in [0.2, 0.25) is 0 Å². The Balaban J connectivity index is 0.741. The van der Waals surface area contributed by atoms with Gasteiger partial charge in [0.1, 0.15) is 11.5 Å². The number of piperidine rings is 1. The Kier molecular flexibility index (Phi) is 14.0. The zero-order chi connectivity index (χ0) is 55.0. The second-order valence-corrected chi connectivity index (χ2v) is 24.3. The molecule has 6 aliphatic rings. The number of aliphatic hydroxyl groups is 1. The van der Waals surface area contributed by atoms with Gasteiger partial charge in [-0.1, -0.05) is 20.4 Å². The monoisotopic (exact) mass is 1080 g/mol. The Morgan fingerprint density at radius 1 is 0.885 bits per heavy atom. The number of phosphoric acid groups is 1. The summed E-state index contributed by atoms with van der Waals surface area (Å²) >= 11 is 0. The standard InChI is InChI=1S/C57H70N11O9P/c1-7-50(70)60-45-28-38(59-51-55(73)62(6)33-46(61-51)43-14-19-58-52(44(43)34-69)67-25-24-66-48(54(67)72)27-36-29-56(3,4)30-49(36)66)8-11-47(45)65-23-22-64(31-35(65)2)39-15-20-63(21-16-39)41-9-10-42-37(26-41)32-68(53(42)71)40-12-17-57(5,18-13-40)77-78(74,75)76/h7-11,14,19,26-28,33,35,39-40,69H,1,12-13,15-18,20-25,29-32,34H2,2-6H3,(H,59,61)(H,60,70)(H2,74,75,76)/t35-,40?,57?/m0/s1. The zero-order valence-corrected chi connectivity index (χ0v) is 46.0. The number of hydrogen-bond acceptors (Lipinski definition) is 13. The summed E-state index contributed by atoms with van der Waals surface area (Å²) in [5.74, 6) is -0.164. The maximum Gasteiger partial charge on any atom is 0.470 e. The van der Waals surface area contributed by atoms with E-state index in [1.54, 1.807) is 43.4 Å². The number of hydrogen-bond donors (Lipinski definition) is 5. The fourth-order valence-electron chi connectivity index (χ4n) is 13.2. The van der Waals surface area contributed by atoms with E-state index >= 15 is 0 Å². The summed E-state index contributed by atoms with van der Waals surface area (Å²) in [5.41, 5.74) is 7.98. The third-order valence-electron chi connectivity index (χ3n) is 17.1. The van der Waals surface area contributed by atoms with Gasteiger partial charge in [-0.15, -0.1) is 0 Å². The molecule has 3 amide bonds. The fraction of sp³-hybridized carbons (Fsp3) is 0.474. The molecule has 5 aromatic rings. The van der Waals surface area contributed by atoms with Crippen LogP contribution >= 0.6 is 7.82 Å². The van der Waals surface area contributed by atoms with Gasteiger partial charge in [0.25, 0.3) is 17.4 Å². The Labute approximate surface area is 453 Å². The average molecular weight is 1080 g/mol.